The molecule has 0 saturated heterocycles. The second kappa shape index (κ2) is 7.29. The molecule has 0 amide bonds. The van der Waals surface area contributed by atoms with Crippen LogP contribution in [0.1, 0.15) is 30.3 Å². The van der Waals surface area contributed by atoms with Crippen molar-refractivity contribution < 1.29 is 9.15 Å². The zero-order valence-electron chi connectivity index (χ0n) is 13.2. The smallest absolute Gasteiger partial charge is 0.120 e. The third-order valence-electron chi connectivity index (χ3n) is 3.69. The molecule has 0 bridgehead atoms. The van der Waals surface area contributed by atoms with E-state index in [9.17, 15) is 0 Å². The first-order valence-corrected chi connectivity index (χ1v) is 7.19. The summed E-state index contributed by atoms with van der Waals surface area (Å²) in [6.45, 7) is 2.94. The van der Waals surface area contributed by atoms with E-state index in [1.54, 1.807) is 13.4 Å². The van der Waals surface area contributed by atoms with Crippen LogP contribution in [-0.2, 0) is 0 Å². The first kappa shape index (κ1) is 15.6. The second-order valence-electron chi connectivity index (χ2n) is 5.40. The van der Waals surface area contributed by atoms with Crippen molar-refractivity contribution in [1.82, 2.24) is 10.2 Å². The van der Waals surface area contributed by atoms with E-state index in [-0.39, 0.29) is 12.1 Å². The highest BCUT2D eigenvalue weighted by Crippen LogP contribution is 2.23. The Labute approximate surface area is 126 Å². The van der Waals surface area contributed by atoms with Crippen LogP contribution < -0.4 is 10.1 Å². The zero-order chi connectivity index (χ0) is 15.2. The first-order chi connectivity index (χ1) is 10.1. The van der Waals surface area contributed by atoms with E-state index in [1.165, 1.54) is 5.56 Å². The van der Waals surface area contributed by atoms with Crippen LogP contribution in [0.15, 0.2) is 47.1 Å². The molecule has 2 atom stereocenters. The molecule has 1 aromatic carbocycles. The van der Waals surface area contributed by atoms with Gasteiger partial charge in [-0.05, 0) is 50.8 Å². The van der Waals surface area contributed by atoms with Gasteiger partial charge in [0.15, 0.2) is 0 Å². The van der Waals surface area contributed by atoms with Crippen molar-refractivity contribution in [1.29, 1.82) is 0 Å². The highest BCUT2D eigenvalue weighted by atomic mass is 16.5. The molecule has 1 aromatic heterocycles. The minimum Gasteiger partial charge on any atom is -0.497 e. The van der Waals surface area contributed by atoms with Gasteiger partial charge < -0.3 is 19.4 Å². The van der Waals surface area contributed by atoms with Gasteiger partial charge in [-0.3, -0.25) is 0 Å². The number of benzene rings is 1. The molecule has 0 fully saturated rings. The van der Waals surface area contributed by atoms with E-state index in [0.29, 0.717) is 0 Å². The minimum absolute atomic E-state index is 0.188. The fourth-order valence-electron chi connectivity index (χ4n) is 2.37. The summed E-state index contributed by atoms with van der Waals surface area (Å²) in [6.07, 6.45) is 1.71. The average Bonchev–Trinajstić information content (AvgIpc) is 3.01. The first-order valence-electron chi connectivity index (χ1n) is 7.19. The van der Waals surface area contributed by atoms with E-state index in [0.717, 1.165) is 18.1 Å². The molecule has 0 saturated carbocycles. The Morgan fingerprint density at radius 1 is 1.24 bits per heavy atom. The Morgan fingerprint density at radius 2 is 2.05 bits per heavy atom. The van der Waals surface area contributed by atoms with E-state index >= 15 is 0 Å². The lowest BCUT2D eigenvalue weighted by Gasteiger charge is -2.26. The van der Waals surface area contributed by atoms with Crippen LogP contribution in [0.4, 0.5) is 0 Å². The topological polar surface area (TPSA) is 37.6 Å². The molecule has 0 aliphatic carbocycles. The SMILES string of the molecule is COc1cccc(C(CNC(C)c2ccco2)N(C)C)c1. The van der Waals surface area contributed by atoms with Gasteiger partial charge in [0, 0.05) is 12.6 Å². The van der Waals surface area contributed by atoms with Crippen molar-refractivity contribution in [2.24, 2.45) is 0 Å². The van der Waals surface area contributed by atoms with Crippen molar-refractivity contribution in [3.63, 3.8) is 0 Å². The number of ether oxygens (including phenoxy) is 1. The molecule has 4 nitrogen and oxygen atoms in total. The minimum atomic E-state index is 0.188. The van der Waals surface area contributed by atoms with E-state index in [4.69, 9.17) is 9.15 Å². The standard InChI is InChI=1S/C17H24N2O2/c1-13(17-9-6-10-21-17)18-12-16(19(2)3)14-7-5-8-15(11-14)20-4/h5-11,13,16,18H,12H2,1-4H3. The van der Waals surface area contributed by atoms with Crippen molar-refractivity contribution in [3.8, 4) is 5.75 Å². The number of furan rings is 1. The summed E-state index contributed by atoms with van der Waals surface area (Å²) in [5.74, 6) is 1.84. The lowest BCUT2D eigenvalue weighted by Crippen LogP contribution is -2.32. The van der Waals surface area contributed by atoms with Crippen molar-refractivity contribution in [2.75, 3.05) is 27.7 Å². The van der Waals surface area contributed by atoms with Crippen LogP contribution in [0.2, 0.25) is 0 Å². The van der Waals surface area contributed by atoms with Gasteiger partial charge in [0.05, 0.1) is 19.4 Å². The largest absolute Gasteiger partial charge is 0.497 e. The summed E-state index contributed by atoms with van der Waals surface area (Å²) in [6, 6.07) is 12.6. The van der Waals surface area contributed by atoms with Gasteiger partial charge in [0.25, 0.3) is 0 Å². The molecule has 0 radical (unpaired) electrons. The summed E-state index contributed by atoms with van der Waals surface area (Å²) in [4.78, 5) is 2.20. The maximum atomic E-state index is 5.43. The average molecular weight is 288 g/mol. The van der Waals surface area contributed by atoms with Crippen LogP contribution in [-0.4, -0.2) is 32.6 Å². The van der Waals surface area contributed by atoms with Gasteiger partial charge in [-0.1, -0.05) is 12.1 Å². The third kappa shape index (κ3) is 4.09. The normalized spacial score (nSPS) is 14.1. The van der Waals surface area contributed by atoms with Gasteiger partial charge in [-0.25, -0.2) is 0 Å². The second-order valence-corrected chi connectivity index (χ2v) is 5.40. The van der Waals surface area contributed by atoms with Gasteiger partial charge in [-0.15, -0.1) is 0 Å². The van der Waals surface area contributed by atoms with Crippen molar-refractivity contribution in [3.05, 3.63) is 54.0 Å². The quantitative estimate of drug-likeness (QED) is 0.848. The summed E-state index contributed by atoms with van der Waals surface area (Å²) in [7, 11) is 5.87. The summed E-state index contributed by atoms with van der Waals surface area (Å²) >= 11 is 0. The molecule has 21 heavy (non-hydrogen) atoms. The number of methoxy groups -OCH3 is 1. The van der Waals surface area contributed by atoms with Crippen LogP contribution in [0, 0.1) is 0 Å². The van der Waals surface area contributed by atoms with E-state index in [2.05, 4.69) is 43.4 Å². The maximum absolute atomic E-state index is 5.43. The predicted molar refractivity (Wildman–Crippen MR) is 84.5 cm³/mol. The Hall–Kier alpha value is -1.78. The van der Waals surface area contributed by atoms with E-state index < -0.39 is 0 Å². The molecule has 0 spiro atoms. The van der Waals surface area contributed by atoms with Crippen molar-refractivity contribution >= 4 is 0 Å². The highest BCUT2D eigenvalue weighted by Gasteiger charge is 2.17. The number of nitrogens with one attached hydrogen (secondary N) is 1. The van der Waals surface area contributed by atoms with Gasteiger partial charge in [0.2, 0.25) is 0 Å². The number of rotatable bonds is 7. The van der Waals surface area contributed by atoms with Crippen LogP contribution in [0.25, 0.3) is 0 Å². The molecule has 0 aliphatic rings. The van der Waals surface area contributed by atoms with Crippen LogP contribution >= 0.6 is 0 Å². The molecule has 114 valence electrons. The number of likely N-dealkylation sites (N-methyl/N-ethyl adjacent to an activating group) is 1. The Kier molecular flexibility index (Phi) is 5.42. The van der Waals surface area contributed by atoms with Gasteiger partial charge >= 0.3 is 0 Å². The monoisotopic (exact) mass is 288 g/mol. The molecule has 1 N–H and O–H groups in total. The molecular formula is C17H24N2O2. The number of nitrogens with zero attached hydrogens (tertiary/aromatic N) is 1. The Balaban J connectivity index is 2.05. The molecule has 4 heteroatoms. The zero-order valence-corrected chi connectivity index (χ0v) is 13.2. The summed E-state index contributed by atoms with van der Waals surface area (Å²) < 4.78 is 10.7. The maximum Gasteiger partial charge on any atom is 0.120 e. The molecule has 2 aromatic rings. The lowest BCUT2D eigenvalue weighted by molar-refractivity contribution is 0.275. The highest BCUT2D eigenvalue weighted by molar-refractivity contribution is 5.30. The van der Waals surface area contributed by atoms with Crippen LogP contribution in [0.3, 0.4) is 0 Å². The molecule has 0 aliphatic heterocycles. The lowest BCUT2D eigenvalue weighted by atomic mass is 10.0. The fraction of sp³-hybridized carbons (Fsp3) is 0.412. The van der Waals surface area contributed by atoms with Crippen LogP contribution in [0.5, 0.6) is 5.75 Å². The Bertz CT molecular complexity index is 537. The van der Waals surface area contributed by atoms with E-state index in [1.807, 2.05) is 24.3 Å². The number of hydrogen-bond donors (Lipinski definition) is 1. The predicted octanol–water partition coefficient (Wildman–Crippen LogP) is 3.24. The number of hydrogen-bond acceptors (Lipinski definition) is 4. The van der Waals surface area contributed by atoms with Gasteiger partial charge in [0.1, 0.15) is 11.5 Å². The molecular weight excluding hydrogens is 264 g/mol. The molecule has 2 rings (SSSR count). The molecule has 1 heterocycles. The summed E-state index contributed by atoms with van der Waals surface area (Å²) in [5, 5.41) is 3.53. The van der Waals surface area contributed by atoms with Crippen molar-refractivity contribution in [2.45, 2.75) is 19.0 Å². The van der Waals surface area contributed by atoms with Gasteiger partial charge in [-0.2, -0.15) is 0 Å². The summed E-state index contributed by atoms with van der Waals surface area (Å²) in [5.41, 5.74) is 1.23. The third-order valence-corrected chi connectivity index (χ3v) is 3.69. The molecule has 2 unspecified atom stereocenters. The Morgan fingerprint density at radius 3 is 2.67 bits per heavy atom. The fourth-order valence-corrected chi connectivity index (χ4v) is 2.37.